The SMILES string of the molecule is CC/C=C/C=C/C=C/C=C/CCCCCCCC(=O)O[C@H](COC(=O)CCCCC/C=C/CCCCCCCCCC)COP(=O)(O)OCCN. The van der Waals surface area contributed by atoms with E-state index in [0.29, 0.717) is 12.8 Å². The number of nitrogens with two attached hydrogens (primary N) is 1. The third-order valence-corrected chi connectivity index (χ3v) is 8.97. The number of rotatable bonds is 36. The minimum Gasteiger partial charge on any atom is -0.462 e. The maximum atomic E-state index is 12.5. The molecule has 51 heavy (non-hydrogen) atoms. The fourth-order valence-electron chi connectivity index (χ4n) is 5.05. The zero-order valence-electron chi connectivity index (χ0n) is 32.1. The van der Waals surface area contributed by atoms with Crippen LogP contribution in [0.1, 0.15) is 155 Å². The molecule has 0 aliphatic carbocycles. The molecule has 0 radical (unpaired) electrons. The molecule has 0 aromatic rings. The number of phosphoric acid groups is 1. The monoisotopic (exact) mass is 737 g/mol. The van der Waals surface area contributed by atoms with Gasteiger partial charge in [-0.15, -0.1) is 0 Å². The summed E-state index contributed by atoms with van der Waals surface area (Å²) in [5.41, 5.74) is 5.33. The van der Waals surface area contributed by atoms with E-state index < -0.39 is 32.5 Å². The first-order valence-electron chi connectivity index (χ1n) is 19.8. The van der Waals surface area contributed by atoms with E-state index in [1.165, 1.54) is 51.4 Å². The summed E-state index contributed by atoms with van der Waals surface area (Å²) in [6.45, 7) is 3.52. The average molecular weight is 738 g/mol. The minimum absolute atomic E-state index is 0.0445. The molecule has 0 amide bonds. The summed E-state index contributed by atoms with van der Waals surface area (Å²) in [6, 6.07) is 0. The van der Waals surface area contributed by atoms with Crippen LogP contribution >= 0.6 is 7.82 Å². The van der Waals surface area contributed by atoms with Crippen LogP contribution in [0.4, 0.5) is 0 Å². The molecule has 294 valence electrons. The van der Waals surface area contributed by atoms with Crippen LogP contribution in [-0.4, -0.2) is 49.3 Å². The van der Waals surface area contributed by atoms with E-state index in [0.717, 1.165) is 64.2 Å². The lowest BCUT2D eigenvalue weighted by Gasteiger charge is -2.19. The van der Waals surface area contributed by atoms with E-state index in [2.05, 4.69) is 44.2 Å². The van der Waals surface area contributed by atoms with Crippen molar-refractivity contribution in [1.29, 1.82) is 0 Å². The molecule has 3 N–H and O–H groups in total. The van der Waals surface area contributed by atoms with Crippen molar-refractivity contribution in [1.82, 2.24) is 0 Å². The van der Waals surface area contributed by atoms with Gasteiger partial charge < -0.3 is 20.1 Å². The maximum absolute atomic E-state index is 12.5. The number of allylic oxidation sites excluding steroid dienone is 10. The number of hydrogen-bond acceptors (Lipinski definition) is 8. The van der Waals surface area contributed by atoms with E-state index in [1.54, 1.807) is 0 Å². The lowest BCUT2D eigenvalue weighted by molar-refractivity contribution is -0.161. The summed E-state index contributed by atoms with van der Waals surface area (Å²) < 4.78 is 32.6. The highest BCUT2D eigenvalue weighted by Crippen LogP contribution is 2.43. The van der Waals surface area contributed by atoms with Gasteiger partial charge in [-0.3, -0.25) is 18.6 Å². The van der Waals surface area contributed by atoms with Gasteiger partial charge in [0.2, 0.25) is 0 Å². The molecule has 0 aromatic heterocycles. The molecule has 0 saturated carbocycles. The Morgan fingerprint density at radius 2 is 1.10 bits per heavy atom. The number of unbranched alkanes of at least 4 members (excludes halogenated alkanes) is 16. The molecular formula is C41H72NO8P. The first-order chi connectivity index (χ1) is 24.8. The van der Waals surface area contributed by atoms with Crippen LogP contribution in [0.25, 0.3) is 0 Å². The molecule has 0 spiro atoms. The lowest BCUT2D eigenvalue weighted by Crippen LogP contribution is -2.29. The maximum Gasteiger partial charge on any atom is 0.472 e. The van der Waals surface area contributed by atoms with Crippen LogP contribution in [0.15, 0.2) is 60.8 Å². The molecule has 0 aromatic carbocycles. The molecule has 1 unspecified atom stereocenters. The first-order valence-corrected chi connectivity index (χ1v) is 21.3. The van der Waals surface area contributed by atoms with Crippen LogP contribution in [-0.2, 0) is 32.7 Å². The quantitative estimate of drug-likeness (QED) is 0.0212. The van der Waals surface area contributed by atoms with Crippen molar-refractivity contribution in [2.24, 2.45) is 5.73 Å². The number of hydrogen-bond donors (Lipinski definition) is 2. The topological polar surface area (TPSA) is 134 Å². The Kier molecular flexibility index (Phi) is 35.8. The highest BCUT2D eigenvalue weighted by Gasteiger charge is 2.25. The predicted molar refractivity (Wildman–Crippen MR) is 210 cm³/mol. The molecule has 0 aliphatic heterocycles. The molecule has 10 heteroatoms. The number of ether oxygens (including phenoxy) is 2. The summed E-state index contributed by atoms with van der Waals surface area (Å²) in [7, 11) is -4.38. The van der Waals surface area contributed by atoms with Crippen LogP contribution in [0.5, 0.6) is 0 Å². The Labute approximate surface area is 310 Å². The molecule has 0 fully saturated rings. The number of carbonyl (C=O) groups excluding carboxylic acids is 2. The summed E-state index contributed by atoms with van der Waals surface area (Å²) in [5.74, 6) is -0.880. The number of phosphoric ester groups is 1. The molecule has 0 bridgehead atoms. The second-order valence-corrected chi connectivity index (χ2v) is 14.3. The van der Waals surface area contributed by atoms with E-state index in [4.69, 9.17) is 24.3 Å². The Morgan fingerprint density at radius 1 is 0.608 bits per heavy atom. The average Bonchev–Trinajstić information content (AvgIpc) is 3.11. The predicted octanol–water partition coefficient (Wildman–Crippen LogP) is 10.9. The molecule has 0 aliphatic rings. The van der Waals surface area contributed by atoms with Gasteiger partial charge in [0.15, 0.2) is 6.10 Å². The molecule has 9 nitrogen and oxygen atoms in total. The Hall–Kier alpha value is -2.29. The van der Waals surface area contributed by atoms with E-state index >= 15 is 0 Å². The largest absolute Gasteiger partial charge is 0.472 e. The van der Waals surface area contributed by atoms with Crippen molar-refractivity contribution in [2.45, 2.75) is 161 Å². The summed E-state index contributed by atoms with van der Waals surface area (Å²) in [4.78, 5) is 34.7. The van der Waals surface area contributed by atoms with Crippen molar-refractivity contribution >= 4 is 19.8 Å². The summed E-state index contributed by atoms with van der Waals surface area (Å²) in [6.07, 6.45) is 42.5. The summed E-state index contributed by atoms with van der Waals surface area (Å²) in [5, 5.41) is 0. The van der Waals surface area contributed by atoms with Crippen LogP contribution in [0.2, 0.25) is 0 Å². The molecule has 0 heterocycles. The highest BCUT2D eigenvalue weighted by molar-refractivity contribution is 7.47. The van der Waals surface area contributed by atoms with Gasteiger partial charge in [0.1, 0.15) is 6.61 Å². The first kappa shape index (κ1) is 48.7. The van der Waals surface area contributed by atoms with Crippen LogP contribution in [0, 0.1) is 0 Å². The second-order valence-electron chi connectivity index (χ2n) is 12.9. The van der Waals surface area contributed by atoms with Gasteiger partial charge in [-0.05, 0) is 57.8 Å². The lowest BCUT2D eigenvalue weighted by atomic mass is 10.1. The third kappa shape index (κ3) is 37.3. The third-order valence-electron chi connectivity index (χ3n) is 7.98. The zero-order chi connectivity index (χ0) is 37.5. The standard InChI is InChI=1S/C41H72NO8P/c1-3-5-7-9-11-13-15-17-19-21-23-25-27-29-31-33-40(43)47-37-39(38-49-51(45,46)48-36-35-42)50-41(44)34-32-30-28-26-24-22-20-18-16-14-12-10-8-6-4-2/h6,8,10,12,14,16,18,20-21,23,39H,3-5,7,9,11,13,15,17,19,22,24-38,42H2,1-2H3,(H,45,46)/b8-6+,12-10+,16-14+,20-18+,23-21+/t39-/m1/s1. The zero-order valence-corrected chi connectivity index (χ0v) is 33.0. The van der Waals surface area contributed by atoms with Crippen molar-refractivity contribution in [3.63, 3.8) is 0 Å². The van der Waals surface area contributed by atoms with E-state index in [1.807, 2.05) is 30.4 Å². The van der Waals surface area contributed by atoms with Gasteiger partial charge in [0.25, 0.3) is 0 Å². The van der Waals surface area contributed by atoms with Crippen molar-refractivity contribution in [3.8, 4) is 0 Å². The fourth-order valence-corrected chi connectivity index (χ4v) is 5.81. The minimum atomic E-state index is -4.38. The van der Waals surface area contributed by atoms with Gasteiger partial charge in [0, 0.05) is 19.4 Å². The van der Waals surface area contributed by atoms with Gasteiger partial charge in [-0.1, -0.05) is 145 Å². The van der Waals surface area contributed by atoms with Crippen LogP contribution in [0.3, 0.4) is 0 Å². The second kappa shape index (κ2) is 37.5. The number of esters is 2. The molecule has 0 saturated heterocycles. The normalized spacial score (nSPS) is 14.0. The van der Waals surface area contributed by atoms with Crippen molar-refractivity contribution < 1.29 is 37.6 Å². The Balaban J connectivity index is 4.28. The van der Waals surface area contributed by atoms with E-state index in [-0.39, 0.29) is 32.6 Å². The molecule has 2 atom stereocenters. The van der Waals surface area contributed by atoms with Gasteiger partial charge in [0.05, 0.1) is 13.2 Å². The fraction of sp³-hybridized carbons (Fsp3) is 0.707. The Morgan fingerprint density at radius 3 is 1.69 bits per heavy atom. The Bertz CT molecular complexity index is 1020. The van der Waals surface area contributed by atoms with Gasteiger partial charge in [-0.25, -0.2) is 4.57 Å². The number of carbonyl (C=O) groups is 2. The molecular weight excluding hydrogens is 665 g/mol. The van der Waals surface area contributed by atoms with Crippen LogP contribution < -0.4 is 5.73 Å². The molecule has 0 rings (SSSR count). The van der Waals surface area contributed by atoms with Crippen molar-refractivity contribution in [2.75, 3.05) is 26.4 Å². The highest BCUT2D eigenvalue weighted by atomic mass is 31.2. The van der Waals surface area contributed by atoms with Crippen molar-refractivity contribution in [3.05, 3.63) is 60.8 Å². The van der Waals surface area contributed by atoms with Gasteiger partial charge in [-0.2, -0.15) is 0 Å². The van der Waals surface area contributed by atoms with E-state index in [9.17, 15) is 19.0 Å². The van der Waals surface area contributed by atoms with Gasteiger partial charge >= 0.3 is 19.8 Å². The summed E-state index contributed by atoms with van der Waals surface area (Å²) >= 11 is 0. The smallest absolute Gasteiger partial charge is 0.462 e.